The summed E-state index contributed by atoms with van der Waals surface area (Å²) in [6.45, 7) is 7.98. The maximum atomic E-state index is 12.4. The molecule has 0 bridgehead atoms. The molecule has 0 amide bonds. The van der Waals surface area contributed by atoms with Crippen LogP contribution in [0.3, 0.4) is 0 Å². The molecule has 1 N–H and O–H groups in total. The maximum Gasteiger partial charge on any atom is 0.573 e. The highest BCUT2D eigenvalue weighted by Gasteiger charge is 2.33. The first-order valence-electron chi connectivity index (χ1n) is 8.31. The lowest BCUT2D eigenvalue weighted by Gasteiger charge is -2.39. The van der Waals surface area contributed by atoms with E-state index in [1.807, 2.05) is 0 Å². The van der Waals surface area contributed by atoms with E-state index >= 15 is 0 Å². The van der Waals surface area contributed by atoms with Crippen LogP contribution in [-0.2, 0) is 0 Å². The Labute approximate surface area is 146 Å². The Balaban J connectivity index is 2.26. The predicted molar refractivity (Wildman–Crippen MR) is 89.4 cm³/mol. The zero-order valence-electron chi connectivity index (χ0n) is 14.0. The van der Waals surface area contributed by atoms with Crippen LogP contribution in [0.15, 0.2) is 18.2 Å². The van der Waals surface area contributed by atoms with Gasteiger partial charge in [-0.25, -0.2) is 0 Å². The number of alkyl halides is 3. The van der Waals surface area contributed by atoms with Gasteiger partial charge in [-0.15, -0.1) is 13.2 Å². The van der Waals surface area contributed by atoms with Gasteiger partial charge in [0.25, 0.3) is 0 Å². The molecule has 1 aromatic rings. The third kappa shape index (κ3) is 5.26. The van der Waals surface area contributed by atoms with Crippen molar-refractivity contribution in [3.8, 4) is 5.75 Å². The highest BCUT2D eigenvalue weighted by atomic mass is 35.5. The van der Waals surface area contributed by atoms with Gasteiger partial charge in [0.2, 0.25) is 0 Å². The largest absolute Gasteiger partial charge is 0.573 e. The number of halogens is 4. The number of piperazine rings is 1. The number of nitrogens with one attached hydrogen (secondary N) is 1. The molecule has 0 radical (unpaired) electrons. The predicted octanol–water partition coefficient (Wildman–Crippen LogP) is 4.62. The summed E-state index contributed by atoms with van der Waals surface area (Å²) in [5.41, 5.74) is 0.942. The van der Waals surface area contributed by atoms with Gasteiger partial charge in [-0.2, -0.15) is 0 Å². The summed E-state index contributed by atoms with van der Waals surface area (Å²) in [5, 5.41) is 3.32. The van der Waals surface area contributed by atoms with Crippen molar-refractivity contribution < 1.29 is 17.9 Å². The van der Waals surface area contributed by atoms with Crippen LogP contribution < -0.4 is 10.1 Å². The normalized spacial score (nSPS) is 19.1. The quantitative estimate of drug-likeness (QED) is 0.797. The number of rotatable bonds is 6. The van der Waals surface area contributed by atoms with E-state index in [1.54, 1.807) is 12.1 Å². The lowest BCUT2D eigenvalue weighted by Crippen LogP contribution is -2.46. The number of benzene rings is 1. The molecule has 1 unspecified atom stereocenters. The third-order valence-corrected chi connectivity index (χ3v) is 4.65. The molecule has 2 atom stereocenters. The Morgan fingerprint density at radius 2 is 1.96 bits per heavy atom. The van der Waals surface area contributed by atoms with Gasteiger partial charge in [-0.05, 0) is 30.0 Å². The van der Waals surface area contributed by atoms with E-state index in [0.717, 1.165) is 44.6 Å². The standard InChI is InChI=1S/C17H24ClF3N2O/c1-3-4-12(2)16(23-9-7-22-8-10-23)13-5-6-15(14(18)11-13)24-17(19,20)21/h5-6,11-12,16,22H,3-4,7-10H2,1-2H3/t12?,16-/m1/s1. The first-order valence-corrected chi connectivity index (χ1v) is 8.69. The summed E-state index contributed by atoms with van der Waals surface area (Å²) in [6.07, 6.45) is -2.63. The van der Waals surface area contributed by atoms with E-state index in [1.165, 1.54) is 6.07 Å². The molecule has 1 heterocycles. The zero-order chi connectivity index (χ0) is 17.7. The minimum Gasteiger partial charge on any atom is -0.404 e. The molecule has 0 spiro atoms. The summed E-state index contributed by atoms with van der Waals surface area (Å²) < 4.78 is 41.2. The number of ether oxygens (including phenoxy) is 1. The molecule has 1 fully saturated rings. The Kier molecular flexibility index (Phi) is 6.78. The molecule has 1 aliphatic heterocycles. The molecule has 1 aromatic carbocycles. The van der Waals surface area contributed by atoms with Gasteiger partial charge in [-0.3, -0.25) is 4.90 Å². The average Bonchev–Trinajstić information content (AvgIpc) is 2.50. The Morgan fingerprint density at radius 1 is 1.29 bits per heavy atom. The van der Waals surface area contributed by atoms with Crippen LogP contribution in [0.5, 0.6) is 5.75 Å². The van der Waals surface area contributed by atoms with Gasteiger partial charge >= 0.3 is 6.36 Å². The van der Waals surface area contributed by atoms with Crippen molar-refractivity contribution in [2.24, 2.45) is 5.92 Å². The van der Waals surface area contributed by atoms with E-state index in [4.69, 9.17) is 11.6 Å². The van der Waals surface area contributed by atoms with Gasteiger partial charge in [0.05, 0.1) is 5.02 Å². The molecule has 24 heavy (non-hydrogen) atoms. The van der Waals surface area contributed by atoms with Gasteiger partial charge in [0.15, 0.2) is 0 Å². The Bertz CT molecular complexity index is 533. The summed E-state index contributed by atoms with van der Waals surface area (Å²) in [4.78, 5) is 2.38. The maximum absolute atomic E-state index is 12.4. The fourth-order valence-electron chi connectivity index (χ4n) is 3.38. The van der Waals surface area contributed by atoms with Crippen LogP contribution in [0.2, 0.25) is 5.02 Å². The van der Waals surface area contributed by atoms with Crippen molar-refractivity contribution >= 4 is 11.6 Å². The minimum absolute atomic E-state index is 0.00587. The molecule has 0 aromatic heterocycles. The molecule has 7 heteroatoms. The Hall–Kier alpha value is -0.980. The van der Waals surface area contributed by atoms with Crippen LogP contribution in [0, 0.1) is 5.92 Å². The Morgan fingerprint density at radius 3 is 2.50 bits per heavy atom. The zero-order valence-corrected chi connectivity index (χ0v) is 14.8. The number of nitrogens with zero attached hydrogens (tertiary/aromatic N) is 1. The van der Waals surface area contributed by atoms with Crippen LogP contribution in [-0.4, -0.2) is 37.4 Å². The molecule has 2 rings (SSSR count). The second kappa shape index (κ2) is 8.41. The highest BCUT2D eigenvalue weighted by Crippen LogP contribution is 2.37. The molecule has 1 aliphatic rings. The summed E-state index contributed by atoms with van der Waals surface area (Å²) in [6, 6.07) is 4.77. The number of hydrogen-bond donors (Lipinski definition) is 1. The van der Waals surface area contributed by atoms with Crippen LogP contribution >= 0.6 is 11.6 Å². The summed E-state index contributed by atoms with van der Waals surface area (Å²) >= 11 is 6.04. The van der Waals surface area contributed by atoms with Gasteiger partial charge in [0.1, 0.15) is 5.75 Å². The van der Waals surface area contributed by atoms with Crippen LogP contribution in [0.4, 0.5) is 13.2 Å². The van der Waals surface area contributed by atoms with Crippen molar-refractivity contribution in [2.75, 3.05) is 26.2 Å². The molecule has 3 nitrogen and oxygen atoms in total. The average molecular weight is 365 g/mol. The van der Waals surface area contributed by atoms with E-state index in [2.05, 4.69) is 28.8 Å². The van der Waals surface area contributed by atoms with Crippen molar-refractivity contribution in [1.29, 1.82) is 0 Å². The SMILES string of the molecule is CCCC(C)[C@H](c1ccc(OC(F)(F)F)c(Cl)c1)N1CCNCC1. The van der Waals surface area contributed by atoms with Crippen molar-refractivity contribution in [3.05, 3.63) is 28.8 Å². The van der Waals surface area contributed by atoms with E-state index in [-0.39, 0.29) is 16.8 Å². The lowest BCUT2D eigenvalue weighted by atomic mass is 9.89. The second-order valence-corrected chi connectivity index (χ2v) is 6.64. The first kappa shape index (κ1) is 19.3. The molecule has 1 saturated heterocycles. The molecule has 136 valence electrons. The second-order valence-electron chi connectivity index (χ2n) is 6.23. The van der Waals surface area contributed by atoms with Crippen LogP contribution in [0.1, 0.15) is 38.3 Å². The molecule has 0 aliphatic carbocycles. The monoisotopic (exact) mass is 364 g/mol. The highest BCUT2D eigenvalue weighted by molar-refractivity contribution is 6.32. The van der Waals surface area contributed by atoms with E-state index < -0.39 is 6.36 Å². The molecule has 0 saturated carbocycles. The first-order chi connectivity index (χ1) is 11.3. The summed E-state index contributed by atoms with van der Waals surface area (Å²) in [7, 11) is 0. The minimum atomic E-state index is -4.74. The van der Waals surface area contributed by atoms with Crippen LogP contribution in [0.25, 0.3) is 0 Å². The van der Waals surface area contributed by atoms with Crippen molar-refractivity contribution in [3.63, 3.8) is 0 Å². The molecular formula is C17H24ClF3N2O. The fraction of sp³-hybridized carbons (Fsp3) is 0.647. The summed E-state index contributed by atoms with van der Waals surface area (Å²) in [5.74, 6) is 0.0358. The van der Waals surface area contributed by atoms with Gasteiger partial charge < -0.3 is 10.1 Å². The van der Waals surface area contributed by atoms with Crippen molar-refractivity contribution in [2.45, 2.75) is 39.1 Å². The molecular weight excluding hydrogens is 341 g/mol. The smallest absolute Gasteiger partial charge is 0.404 e. The van der Waals surface area contributed by atoms with Gasteiger partial charge in [0, 0.05) is 32.2 Å². The number of hydrogen-bond acceptors (Lipinski definition) is 3. The third-order valence-electron chi connectivity index (χ3n) is 4.35. The topological polar surface area (TPSA) is 24.5 Å². The van der Waals surface area contributed by atoms with Gasteiger partial charge in [-0.1, -0.05) is 37.9 Å². The van der Waals surface area contributed by atoms with Crippen molar-refractivity contribution in [1.82, 2.24) is 10.2 Å². The van der Waals surface area contributed by atoms with E-state index in [0.29, 0.717) is 5.92 Å². The fourth-order valence-corrected chi connectivity index (χ4v) is 3.61. The van der Waals surface area contributed by atoms with E-state index in [9.17, 15) is 13.2 Å². The lowest BCUT2D eigenvalue weighted by molar-refractivity contribution is -0.274.